The van der Waals surface area contributed by atoms with Crippen molar-refractivity contribution in [3.05, 3.63) is 66.0 Å². The Bertz CT molecular complexity index is 743. The van der Waals surface area contributed by atoms with Crippen LogP contribution in [0, 0.1) is 0 Å². The number of nitrogens with zero attached hydrogens (tertiary/aromatic N) is 2. The van der Waals surface area contributed by atoms with E-state index in [0.717, 1.165) is 34.6 Å². The molecule has 0 saturated carbocycles. The van der Waals surface area contributed by atoms with E-state index in [1.165, 1.54) is 0 Å². The van der Waals surface area contributed by atoms with Gasteiger partial charge < -0.3 is 10.1 Å². The normalized spacial score (nSPS) is 10.7. The van der Waals surface area contributed by atoms with Gasteiger partial charge in [0.2, 0.25) is 0 Å². The standard InChI is InChI=1S/C17H17N3O/c1-21-17-9-5-2-6-13(17)10-18-11-14-12-19-15-7-3-4-8-16(15)20-14/h2-9,12,18H,10-11H2,1H3. The molecule has 1 N–H and O–H groups in total. The molecule has 3 rings (SSSR count). The van der Waals surface area contributed by atoms with Crippen molar-refractivity contribution in [1.29, 1.82) is 0 Å². The SMILES string of the molecule is COc1ccccc1CNCc1cnc2ccccc2n1. The van der Waals surface area contributed by atoms with Crippen LogP contribution in [0.4, 0.5) is 0 Å². The molecule has 0 aliphatic carbocycles. The van der Waals surface area contributed by atoms with Crippen molar-refractivity contribution in [2.24, 2.45) is 0 Å². The van der Waals surface area contributed by atoms with Crippen LogP contribution in [0.1, 0.15) is 11.3 Å². The van der Waals surface area contributed by atoms with Gasteiger partial charge in [-0.3, -0.25) is 4.98 Å². The number of ether oxygens (including phenoxy) is 1. The zero-order valence-electron chi connectivity index (χ0n) is 11.9. The Morgan fingerprint density at radius 2 is 1.71 bits per heavy atom. The van der Waals surface area contributed by atoms with E-state index < -0.39 is 0 Å². The van der Waals surface area contributed by atoms with Gasteiger partial charge in [0.05, 0.1) is 30.0 Å². The average Bonchev–Trinajstić information content (AvgIpc) is 2.55. The monoisotopic (exact) mass is 279 g/mol. The summed E-state index contributed by atoms with van der Waals surface area (Å²) in [5.41, 5.74) is 3.91. The zero-order chi connectivity index (χ0) is 14.5. The minimum Gasteiger partial charge on any atom is -0.496 e. The summed E-state index contributed by atoms with van der Waals surface area (Å²) in [6.07, 6.45) is 1.82. The molecule has 0 bridgehead atoms. The van der Waals surface area contributed by atoms with Crippen LogP contribution in [0.2, 0.25) is 0 Å². The fourth-order valence-corrected chi connectivity index (χ4v) is 2.25. The number of benzene rings is 2. The summed E-state index contributed by atoms with van der Waals surface area (Å²) in [6, 6.07) is 15.9. The van der Waals surface area contributed by atoms with Crippen molar-refractivity contribution < 1.29 is 4.74 Å². The fraction of sp³-hybridized carbons (Fsp3) is 0.176. The van der Waals surface area contributed by atoms with Crippen LogP contribution >= 0.6 is 0 Å². The summed E-state index contributed by atoms with van der Waals surface area (Å²) in [5.74, 6) is 0.898. The Labute approximate surface area is 123 Å². The summed E-state index contributed by atoms with van der Waals surface area (Å²) in [4.78, 5) is 9.01. The van der Waals surface area contributed by atoms with Crippen molar-refractivity contribution in [3.63, 3.8) is 0 Å². The van der Waals surface area contributed by atoms with Crippen LogP contribution in [0.5, 0.6) is 5.75 Å². The highest BCUT2D eigenvalue weighted by Gasteiger charge is 2.02. The van der Waals surface area contributed by atoms with Crippen LogP contribution in [-0.4, -0.2) is 17.1 Å². The van der Waals surface area contributed by atoms with E-state index in [2.05, 4.69) is 21.4 Å². The molecular formula is C17H17N3O. The quantitative estimate of drug-likeness (QED) is 0.780. The highest BCUT2D eigenvalue weighted by Crippen LogP contribution is 2.16. The van der Waals surface area contributed by atoms with Gasteiger partial charge in [0.15, 0.2) is 0 Å². The first-order chi connectivity index (χ1) is 10.4. The first-order valence-electron chi connectivity index (χ1n) is 6.90. The molecule has 0 fully saturated rings. The minimum atomic E-state index is 0.676. The van der Waals surface area contributed by atoms with Gasteiger partial charge in [-0.25, -0.2) is 4.98 Å². The summed E-state index contributed by atoms with van der Waals surface area (Å²) in [7, 11) is 1.69. The molecule has 1 aromatic heterocycles. The molecule has 3 aromatic rings. The van der Waals surface area contributed by atoms with E-state index in [1.54, 1.807) is 7.11 Å². The number of aromatic nitrogens is 2. The first-order valence-corrected chi connectivity index (χ1v) is 6.90. The van der Waals surface area contributed by atoms with Crippen LogP contribution in [-0.2, 0) is 13.1 Å². The van der Waals surface area contributed by atoms with Gasteiger partial charge in [-0.2, -0.15) is 0 Å². The van der Waals surface area contributed by atoms with Gasteiger partial charge >= 0.3 is 0 Å². The first kappa shape index (κ1) is 13.5. The molecule has 0 aliphatic rings. The molecule has 0 saturated heterocycles. The van der Waals surface area contributed by atoms with E-state index in [-0.39, 0.29) is 0 Å². The Morgan fingerprint density at radius 1 is 0.952 bits per heavy atom. The minimum absolute atomic E-state index is 0.676. The van der Waals surface area contributed by atoms with Gasteiger partial charge in [-0.1, -0.05) is 30.3 Å². The number of fused-ring (bicyclic) bond motifs is 1. The lowest BCUT2D eigenvalue weighted by Gasteiger charge is -2.09. The van der Waals surface area contributed by atoms with E-state index in [4.69, 9.17) is 4.74 Å². The molecule has 106 valence electrons. The Balaban J connectivity index is 1.66. The van der Waals surface area contributed by atoms with Gasteiger partial charge in [0, 0.05) is 18.7 Å². The largest absolute Gasteiger partial charge is 0.496 e. The summed E-state index contributed by atoms with van der Waals surface area (Å²) in [6.45, 7) is 1.41. The third-order valence-corrected chi connectivity index (χ3v) is 3.31. The number of nitrogens with one attached hydrogen (secondary N) is 1. The number of hydrogen-bond donors (Lipinski definition) is 1. The Kier molecular flexibility index (Phi) is 4.07. The number of methoxy groups -OCH3 is 1. The molecule has 4 heteroatoms. The molecule has 4 nitrogen and oxygen atoms in total. The van der Waals surface area contributed by atoms with Gasteiger partial charge in [-0.05, 0) is 18.2 Å². The topological polar surface area (TPSA) is 47.0 Å². The van der Waals surface area contributed by atoms with Gasteiger partial charge in [-0.15, -0.1) is 0 Å². The van der Waals surface area contributed by atoms with Gasteiger partial charge in [0.1, 0.15) is 5.75 Å². The van der Waals surface area contributed by atoms with Crippen molar-refractivity contribution in [2.45, 2.75) is 13.1 Å². The van der Waals surface area contributed by atoms with E-state index in [1.807, 2.05) is 48.7 Å². The maximum Gasteiger partial charge on any atom is 0.123 e. The predicted octanol–water partition coefficient (Wildman–Crippen LogP) is 2.93. The second-order valence-electron chi connectivity index (χ2n) is 4.77. The Hall–Kier alpha value is -2.46. The van der Waals surface area contributed by atoms with Crippen molar-refractivity contribution in [3.8, 4) is 5.75 Å². The zero-order valence-corrected chi connectivity index (χ0v) is 11.9. The Morgan fingerprint density at radius 3 is 2.57 bits per heavy atom. The van der Waals surface area contributed by atoms with E-state index in [0.29, 0.717) is 6.54 Å². The van der Waals surface area contributed by atoms with Crippen molar-refractivity contribution >= 4 is 11.0 Å². The van der Waals surface area contributed by atoms with Crippen LogP contribution < -0.4 is 10.1 Å². The lowest BCUT2D eigenvalue weighted by atomic mass is 10.2. The van der Waals surface area contributed by atoms with Gasteiger partial charge in [0.25, 0.3) is 0 Å². The van der Waals surface area contributed by atoms with E-state index >= 15 is 0 Å². The second-order valence-corrected chi connectivity index (χ2v) is 4.77. The predicted molar refractivity (Wildman–Crippen MR) is 83.1 cm³/mol. The molecule has 0 amide bonds. The molecule has 21 heavy (non-hydrogen) atoms. The number of rotatable bonds is 5. The third kappa shape index (κ3) is 3.17. The maximum absolute atomic E-state index is 5.34. The second kappa shape index (κ2) is 6.33. The molecule has 0 atom stereocenters. The van der Waals surface area contributed by atoms with Crippen LogP contribution in [0.15, 0.2) is 54.7 Å². The summed E-state index contributed by atoms with van der Waals surface area (Å²) >= 11 is 0. The molecule has 0 spiro atoms. The lowest BCUT2D eigenvalue weighted by molar-refractivity contribution is 0.407. The third-order valence-electron chi connectivity index (χ3n) is 3.31. The van der Waals surface area contributed by atoms with E-state index in [9.17, 15) is 0 Å². The highest BCUT2D eigenvalue weighted by molar-refractivity contribution is 5.73. The van der Waals surface area contributed by atoms with Crippen molar-refractivity contribution in [2.75, 3.05) is 7.11 Å². The highest BCUT2D eigenvalue weighted by atomic mass is 16.5. The molecule has 1 heterocycles. The average molecular weight is 279 g/mol. The molecule has 0 aliphatic heterocycles. The smallest absolute Gasteiger partial charge is 0.123 e. The van der Waals surface area contributed by atoms with Crippen LogP contribution in [0.3, 0.4) is 0 Å². The fourth-order valence-electron chi connectivity index (χ4n) is 2.25. The lowest BCUT2D eigenvalue weighted by Crippen LogP contribution is -2.14. The van der Waals surface area contributed by atoms with Crippen LogP contribution in [0.25, 0.3) is 11.0 Å². The molecular weight excluding hydrogens is 262 g/mol. The summed E-state index contributed by atoms with van der Waals surface area (Å²) in [5, 5.41) is 3.37. The molecule has 0 unspecified atom stereocenters. The molecule has 0 radical (unpaired) electrons. The maximum atomic E-state index is 5.34. The molecule has 2 aromatic carbocycles. The summed E-state index contributed by atoms with van der Waals surface area (Å²) < 4.78 is 5.34. The number of para-hydroxylation sites is 3. The van der Waals surface area contributed by atoms with Crippen molar-refractivity contribution in [1.82, 2.24) is 15.3 Å². The number of hydrogen-bond acceptors (Lipinski definition) is 4.